The lowest BCUT2D eigenvalue weighted by Crippen LogP contribution is -2.55. The number of benzene rings is 2. The first-order chi connectivity index (χ1) is 19.0. The minimum Gasteiger partial charge on any atom is -0.463 e. The minimum absolute atomic E-state index is 0.201. The summed E-state index contributed by atoms with van der Waals surface area (Å²) in [4.78, 5) is 24.3. The molecule has 39 heavy (non-hydrogen) atoms. The number of nitrogens with zero attached hydrogens (tertiary/aromatic N) is 5. The van der Waals surface area contributed by atoms with Crippen LogP contribution in [0.1, 0.15) is 11.1 Å². The molecule has 9 nitrogen and oxygen atoms in total. The van der Waals surface area contributed by atoms with Crippen LogP contribution in [0.3, 0.4) is 0 Å². The molecule has 2 aromatic heterocycles. The Bertz CT molecular complexity index is 1530. The molecule has 4 aromatic rings. The molecule has 1 atom stereocenters. The number of rotatable bonds is 4. The molecule has 0 radical (unpaired) electrons. The number of halogens is 1. The van der Waals surface area contributed by atoms with E-state index in [-0.39, 0.29) is 5.91 Å². The van der Waals surface area contributed by atoms with Gasteiger partial charge in [0.15, 0.2) is 16.7 Å². The summed E-state index contributed by atoms with van der Waals surface area (Å²) in [5.41, 5.74) is 3.94. The summed E-state index contributed by atoms with van der Waals surface area (Å²) in [5.74, 6) is 1.40. The number of thiocarbonyl (C=S) groups is 1. The van der Waals surface area contributed by atoms with E-state index in [1.807, 2.05) is 60.7 Å². The fourth-order valence-corrected chi connectivity index (χ4v) is 5.31. The highest BCUT2D eigenvalue weighted by atomic mass is 35.5. The molecule has 2 aliphatic heterocycles. The number of hydrogen-bond acceptors (Lipinski definition) is 6. The van der Waals surface area contributed by atoms with E-state index in [0.29, 0.717) is 28.9 Å². The van der Waals surface area contributed by atoms with Gasteiger partial charge in [0, 0.05) is 55.4 Å². The number of nitrogens with one attached hydrogen (secondary N) is 2. The average Bonchev–Trinajstić information content (AvgIpc) is 3.66. The van der Waals surface area contributed by atoms with Crippen molar-refractivity contribution >= 4 is 52.1 Å². The molecule has 11 heteroatoms. The smallest absolute Gasteiger partial charge is 0.272 e. The molecular formula is C28H26ClN7O2S. The van der Waals surface area contributed by atoms with Gasteiger partial charge >= 0.3 is 0 Å². The molecule has 4 heterocycles. The summed E-state index contributed by atoms with van der Waals surface area (Å²) < 4.78 is 5.46. The van der Waals surface area contributed by atoms with Gasteiger partial charge in [0.2, 0.25) is 6.17 Å². The van der Waals surface area contributed by atoms with Gasteiger partial charge in [0.25, 0.3) is 5.91 Å². The van der Waals surface area contributed by atoms with Crippen LogP contribution in [0.2, 0.25) is 5.02 Å². The van der Waals surface area contributed by atoms with Gasteiger partial charge in [-0.15, -0.1) is 0 Å². The Morgan fingerprint density at radius 2 is 1.87 bits per heavy atom. The van der Waals surface area contributed by atoms with Gasteiger partial charge in [0.05, 0.1) is 17.7 Å². The Morgan fingerprint density at radius 1 is 1.08 bits per heavy atom. The summed E-state index contributed by atoms with van der Waals surface area (Å²) in [7, 11) is 1.75. The van der Waals surface area contributed by atoms with E-state index in [0.717, 1.165) is 47.2 Å². The number of H-pyrrole nitrogens is 1. The topological polar surface area (TPSA) is 93.0 Å². The Kier molecular flexibility index (Phi) is 6.80. The van der Waals surface area contributed by atoms with Gasteiger partial charge in [0.1, 0.15) is 5.69 Å². The van der Waals surface area contributed by atoms with E-state index in [2.05, 4.69) is 25.3 Å². The SMILES string of the molecule is CN1C(=O)C(NC(=S)N2CCN(c3cc(-c4ccco4)[nH]n3)CC2)N=C(c2ccccc2)c2cc(Cl)ccc21. The quantitative estimate of drug-likeness (QED) is 0.363. The van der Waals surface area contributed by atoms with Gasteiger partial charge in [-0.05, 0) is 42.5 Å². The zero-order chi connectivity index (χ0) is 26.9. The van der Waals surface area contributed by atoms with Crippen LogP contribution in [-0.4, -0.2) is 71.2 Å². The van der Waals surface area contributed by atoms with Crippen molar-refractivity contribution in [3.8, 4) is 11.5 Å². The third-order valence-electron chi connectivity index (χ3n) is 6.95. The van der Waals surface area contributed by atoms with Crippen molar-refractivity contribution in [1.82, 2.24) is 20.4 Å². The molecular weight excluding hydrogens is 534 g/mol. The summed E-state index contributed by atoms with van der Waals surface area (Å²) in [6.07, 6.45) is 0.754. The number of anilines is 2. The number of carbonyl (C=O) groups excluding carboxylic acids is 1. The molecule has 2 N–H and O–H groups in total. The van der Waals surface area contributed by atoms with E-state index in [1.165, 1.54) is 0 Å². The van der Waals surface area contributed by atoms with Crippen molar-refractivity contribution in [3.63, 3.8) is 0 Å². The monoisotopic (exact) mass is 559 g/mol. The second-order valence-electron chi connectivity index (χ2n) is 9.35. The number of likely N-dealkylation sites (N-methyl/N-ethyl adjacent to an activating group) is 1. The lowest BCUT2D eigenvalue weighted by molar-refractivity contribution is -0.119. The van der Waals surface area contributed by atoms with Gasteiger partial charge < -0.3 is 24.4 Å². The largest absolute Gasteiger partial charge is 0.463 e. The molecule has 0 saturated carbocycles. The first kappa shape index (κ1) is 25.1. The Morgan fingerprint density at radius 3 is 2.62 bits per heavy atom. The van der Waals surface area contributed by atoms with Crippen molar-refractivity contribution in [1.29, 1.82) is 0 Å². The zero-order valence-corrected chi connectivity index (χ0v) is 22.7. The van der Waals surface area contributed by atoms with Crippen LogP contribution >= 0.6 is 23.8 Å². The Labute approximate surface area is 236 Å². The summed E-state index contributed by atoms with van der Waals surface area (Å²) >= 11 is 12.1. The lowest BCUT2D eigenvalue weighted by atomic mass is 10.0. The molecule has 1 saturated heterocycles. The fraction of sp³-hybridized carbons (Fsp3) is 0.214. The van der Waals surface area contributed by atoms with Gasteiger partial charge in [-0.1, -0.05) is 41.9 Å². The minimum atomic E-state index is -0.885. The predicted octanol–water partition coefficient (Wildman–Crippen LogP) is 4.16. The highest BCUT2D eigenvalue weighted by molar-refractivity contribution is 7.80. The van der Waals surface area contributed by atoms with Crippen LogP contribution in [0, 0.1) is 0 Å². The van der Waals surface area contributed by atoms with Crippen molar-refractivity contribution in [3.05, 3.63) is 89.1 Å². The molecule has 2 aromatic carbocycles. The number of aromatic nitrogens is 2. The van der Waals surface area contributed by atoms with Gasteiger partial charge in [-0.3, -0.25) is 9.89 Å². The van der Waals surface area contributed by atoms with Crippen LogP contribution in [0.5, 0.6) is 0 Å². The number of carbonyl (C=O) groups is 1. The molecule has 1 amide bonds. The fourth-order valence-electron chi connectivity index (χ4n) is 4.84. The second-order valence-corrected chi connectivity index (χ2v) is 10.2. The summed E-state index contributed by atoms with van der Waals surface area (Å²) in [6.45, 7) is 2.81. The number of benzodiazepines with no additional fused rings is 1. The van der Waals surface area contributed by atoms with E-state index < -0.39 is 6.17 Å². The van der Waals surface area contributed by atoms with Crippen molar-refractivity contribution in [2.75, 3.05) is 43.0 Å². The van der Waals surface area contributed by atoms with E-state index in [1.54, 1.807) is 24.3 Å². The average molecular weight is 560 g/mol. The maximum Gasteiger partial charge on any atom is 0.272 e. The molecule has 2 aliphatic rings. The first-order valence-corrected chi connectivity index (χ1v) is 13.4. The van der Waals surface area contributed by atoms with Crippen LogP contribution < -0.4 is 15.1 Å². The standard InChI is InChI=1S/C28H26ClN7O2S/c1-34-22-10-9-19(29)16-20(22)25(18-6-3-2-4-7-18)30-26(27(34)37)31-28(39)36-13-11-35(12-14-36)24-17-21(32-33-24)23-8-5-15-38-23/h2-10,15-17,26H,11-14H2,1H3,(H,31,39)(H,32,33). The molecule has 198 valence electrons. The Hall–Kier alpha value is -4.15. The molecule has 0 aliphatic carbocycles. The van der Waals surface area contributed by atoms with Crippen LogP contribution in [-0.2, 0) is 4.79 Å². The number of aliphatic imine (C=N–C) groups is 1. The molecule has 0 bridgehead atoms. The van der Waals surface area contributed by atoms with Crippen LogP contribution in [0.15, 0.2) is 82.4 Å². The first-order valence-electron chi connectivity index (χ1n) is 12.6. The lowest BCUT2D eigenvalue weighted by Gasteiger charge is -2.36. The maximum absolute atomic E-state index is 13.5. The van der Waals surface area contributed by atoms with E-state index >= 15 is 0 Å². The number of hydrogen-bond donors (Lipinski definition) is 2. The highest BCUT2D eigenvalue weighted by Crippen LogP contribution is 2.30. The van der Waals surface area contributed by atoms with Gasteiger partial charge in [-0.25, -0.2) is 4.99 Å². The summed E-state index contributed by atoms with van der Waals surface area (Å²) in [5, 5.41) is 11.8. The number of amides is 1. The normalized spacial score (nSPS) is 17.5. The van der Waals surface area contributed by atoms with E-state index in [4.69, 9.17) is 33.2 Å². The zero-order valence-electron chi connectivity index (χ0n) is 21.2. The number of aromatic amines is 1. The van der Waals surface area contributed by atoms with Crippen LogP contribution in [0.4, 0.5) is 11.5 Å². The predicted molar refractivity (Wildman–Crippen MR) is 157 cm³/mol. The van der Waals surface area contributed by atoms with Gasteiger partial charge in [-0.2, -0.15) is 5.10 Å². The molecule has 6 rings (SSSR count). The van der Waals surface area contributed by atoms with E-state index in [9.17, 15) is 4.79 Å². The third-order valence-corrected chi connectivity index (χ3v) is 7.56. The van der Waals surface area contributed by atoms with Crippen molar-refractivity contribution in [2.45, 2.75) is 6.17 Å². The molecule has 0 spiro atoms. The molecule has 1 unspecified atom stereocenters. The van der Waals surface area contributed by atoms with Crippen LogP contribution in [0.25, 0.3) is 11.5 Å². The second kappa shape index (κ2) is 10.5. The highest BCUT2D eigenvalue weighted by Gasteiger charge is 2.32. The van der Waals surface area contributed by atoms with Crippen molar-refractivity contribution in [2.24, 2.45) is 4.99 Å². The number of piperazine rings is 1. The Balaban J connectivity index is 1.19. The third kappa shape index (κ3) is 5.00. The number of furan rings is 1. The van der Waals surface area contributed by atoms with Crippen molar-refractivity contribution < 1.29 is 9.21 Å². The number of fused-ring (bicyclic) bond motifs is 1. The molecule has 1 fully saturated rings. The summed E-state index contributed by atoms with van der Waals surface area (Å²) in [6, 6.07) is 21.0. The maximum atomic E-state index is 13.5.